The Morgan fingerprint density at radius 2 is 1.83 bits per heavy atom. The Bertz CT molecular complexity index is 403. The molecule has 0 heterocycles. The molecular weight excluding hydrogens is 226 g/mol. The number of aliphatic hydroxyl groups is 1. The highest BCUT2D eigenvalue weighted by Gasteiger charge is 2.15. The Morgan fingerprint density at radius 3 is 2.33 bits per heavy atom. The number of nitrogens with one attached hydrogen (secondary N) is 1. The van der Waals surface area contributed by atoms with Gasteiger partial charge in [-0.05, 0) is 50.8 Å². The van der Waals surface area contributed by atoms with Gasteiger partial charge in [-0.1, -0.05) is 17.7 Å². The quantitative estimate of drug-likeness (QED) is 0.842. The molecule has 0 aromatic heterocycles. The molecule has 100 valence electrons. The highest BCUT2D eigenvalue weighted by atomic mass is 16.3. The first-order valence-corrected chi connectivity index (χ1v) is 6.48. The molecule has 2 N–H and O–H groups in total. The van der Waals surface area contributed by atoms with Crippen LogP contribution in [0.25, 0.3) is 0 Å². The van der Waals surface area contributed by atoms with Crippen LogP contribution in [-0.2, 0) is 4.79 Å². The van der Waals surface area contributed by atoms with Gasteiger partial charge in [-0.25, -0.2) is 0 Å². The smallest absolute Gasteiger partial charge is 0.220 e. The fraction of sp³-hybridized carbons (Fsp3) is 0.533. The highest BCUT2D eigenvalue weighted by Crippen LogP contribution is 2.26. The van der Waals surface area contributed by atoms with Crippen LogP contribution >= 0.6 is 0 Å². The Morgan fingerprint density at radius 1 is 1.28 bits per heavy atom. The predicted octanol–water partition coefficient (Wildman–Crippen LogP) is 2.56. The van der Waals surface area contributed by atoms with Crippen LogP contribution in [0, 0.1) is 20.8 Å². The third-order valence-electron chi connectivity index (χ3n) is 3.09. The van der Waals surface area contributed by atoms with Crippen molar-refractivity contribution in [2.24, 2.45) is 0 Å². The van der Waals surface area contributed by atoms with Crippen LogP contribution in [0.1, 0.15) is 48.1 Å². The van der Waals surface area contributed by atoms with E-state index in [0.29, 0.717) is 19.4 Å². The number of hydrogen-bond donors (Lipinski definition) is 2. The zero-order valence-electron chi connectivity index (χ0n) is 11.7. The summed E-state index contributed by atoms with van der Waals surface area (Å²) in [4.78, 5) is 11.4. The molecule has 3 heteroatoms. The molecule has 1 aromatic rings. The van der Waals surface area contributed by atoms with E-state index in [1.807, 2.05) is 27.7 Å². The van der Waals surface area contributed by atoms with Crippen LogP contribution < -0.4 is 5.32 Å². The third kappa shape index (κ3) is 3.84. The maximum absolute atomic E-state index is 11.4. The normalized spacial score (nSPS) is 12.3. The molecule has 1 unspecified atom stereocenters. The molecule has 1 amide bonds. The van der Waals surface area contributed by atoms with E-state index in [2.05, 4.69) is 17.4 Å². The van der Waals surface area contributed by atoms with Gasteiger partial charge >= 0.3 is 0 Å². The lowest BCUT2D eigenvalue weighted by Gasteiger charge is -2.17. The summed E-state index contributed by atoms with van der Waals surface area (Å²) >= 11 is 0. The van der Waals surface area contributed by atoms with Crippen molar-refractivity contribution in [3.05, 3.63) is 34.4 Å². The largest absolute Gasteiger partial charge is 0.388 e. The topological polar surface area (TPSA) is 49.3 Å². The summed E-state index contributed by atoms with van der Waals surface area (Å²) in [6.45, 7) is 8.58. The van der Waals surface area contributed by atoms with Gasteiger partial charge in [0, 0.05) is 13.0 Å². The molecule has 0 aliphatic carbocycles. The number of rotatable bonds is 5. The van der Waals surface area contributed by atoms with Crippen LogP contribution in [0.3, 0.4) is 0 Å². The predicted molar refractivity (Wildman–Crippen MR) is 73.5 cm³/mol. The Kier molecular flexibility index (Phi) is 5.35. The lowest BCUT2D eigenvalue weighted by atomic mass is 9.93. The van der Waals surface area contributed by atoms with E-state index < -0.39 is 6.10 Å². The zero-order valence-corrected chi connectivity index (χ0v) is 11.7. The Balaban J connectivity index is 2.73. The molecule has 0 radical (unpaired) electrons. The zero-order chi connectivity index (χ0) is 13.7. The molecule has 0 fully saturated rings. The number of carbonyl (C=O) groups excluding carboxylic acids is 1. The number of amides is 1. The fourth-order valence-electron chi connectivity index (χ4n) is 2.41. The molecule has 18 heavy (non-hydrogen) atoms. The molecule has 0 saturated heterocycles. The standard InChI is InChI=1S/C15H23NO2/c1-5-16-14(18)7-6-13(17)15-11(3)8-10(2)9-12(15)4/h8-9,13,17H,5-7H2,1-4H3,(H,16,18). The third-order valence-corrected chi connectivity index (χ3v) is 3.09. The molecule has 0 aliphatic rings. The minimum atomic E-state index is -0.562. The van der Waals surface area contributed by atoms with Gasteiger partial charge in [0.25, 0.3) is 0 Å². The molecule has 0 aliphatic heterocycles. The lowest BCUT2D eigenvalue weighted by molar-refractivity contribution is -0.121. The SMILES string of the molecule is CCNC(=O)CCC(O)c1c(C)cc(C)cc1C. The van der Waals surface area contributed by atoms with Crippen molar-refractivity contribution in [1.82, 2.24) is 5.32 Å². The van der Waals surface area contributed by atoms with E-state index in [1.165, 1.54) is 5.56 Å². The minimum Gasteiger partial charge on any atom is -0.388 e. The average Bonchev–Trinajstić information content (AvgIpc) is 2.25. The van der Waals surface area contributed by atoms with Crippen molar-refractivity contribution < 1.29 is 9.90 Å². The van der Waals surface area contributed by atoms with Crippen molar-refractivity contribution in [3.8, 4) is 0 Å². The van der Waals surface area contributed by atoms with Gasteiger partial charge < -0.3 is 10.4 Å². The number of benzene rings is 1. The summed E-state index contributed by atoms with van der Waals surface area (Å²) in [5, 5.41) is 13.0. The van der Waals surface area contributed by atoms with Crippen molar-refractivity contribution in [1.29, 1.82) is 0 Å². The number of carbonyl (C=O) groups is 1. The molecule has 1 rings (SSSR count). The highest BCUT2D eigenvalue weighted by molar-refractivity contribution is 5.75. The van der Waals surface area contributed by atoms with E-state index in [4.69, 9.17) is 0 Å². The summed E-state index contributed by atoms with van der Waals surface area (Å²) in [5.41, 5.74) is 4.35. The van der Waals surface area contributed by atoms with Crippen molar-refractivity contribution in [3.63, 3.8) is 0 Å². The van der Waals surface area contributed by atoms with Crippen LogP contribution in [0.15, 0.2) is 12.1 Å². The molecule has 0 spiro atoms. The minimum absolute atomic E-state index is 0.000956. The Labute approximate surface area is 109 Å². The van der Waals surface area contributed by atoms with Gasteiger partial charge in [-0.2, -0.15) is 0 Å². The fourth-order valence-corrected chi connectivity index (χ4v) is 2.41. The first-order chi connectivity index (χ1) is 8.45. The van der Waals surface area contributed by atoms with E-state index in [0.717, 1.165) is 16.7 Å². The van der Waals surface area contributed by atoms with E-state index in [-0.39, 0.29) is 5.91 Å². The maximum atomic E-state index is 11.4. The van der Waals surface area contributed by atoms with Crippen LogP contribution in [0.2, 0.25) is 0 Å². The molecule has 0 bridgehead atoms. The monoisotopic (exact) mass is 249 g/mol. The lowest BCUT2D eigenvalue weighted by Crippen LogP contribution is -2.23. The molecule has 3 nitrogen and oxygen atoms in total. The molecule has 1 atom stereocenters. The number of aliphatic hydroxyl groups excluding tert-OH is 1. The Hall–Kier alpha value is -1.35. The second-order valence-corrected chi connectivity index (χ2v) is 4.82. The molecular formula is C15H23NO2. The summed E-state index contributed by atoms with van der Waals surface area (Å²) < 4.78 is 0. The summed E-state index contributed by atoms with van der Waals surface area (Å²) in [6.07, 6.45) is 0.270. The number of hydrogen-bond acceptors (Lipinski definition) is 2. The van der Waals surface area contributed by atoms with Crippen molar-refractivity contribution >= 4 is 5.91 Å². The molecule has 0 saturated carbocycles. The van der Waals surface area contributed by atoms with Crippen LogP contribution in [0.4, 0.5) is 0 Å². The van der Waals surface area contributed by atoms with E-state index in [1.54, 1.807) is 0 Å². The van der Waals surface area contributed by atoms with Gasteiger partial charge in [0.1, 0.15) is 0 Å². The first-order valence-electron chi connectivity index (χ1n) is 6.48. The summed E-state index contributed by atoms with van der Waals surface area (Å²) in [5.74, 6) is -0.000956. The van der Waals surface area contributed by atoms with Gasteiger partial charge in [0.2, 0.25) is 5.91 Å². The van der Waals surface area contributed by atoms with Gasteiger partial charge in [-0.15, -0.1) is 0 Å². The van der Waals surface area contributed by atoms with E-state index >= 15 is 0 Å². The van der Waals surface area contributed by atoms with Crippen molar-refractivity contribution in [2.45, 2.75) is 46.6 Å². The maximum Gasteiger partial charge on any atom is 0.220 e. The van der Waals surface area contributed by atoms with Gasteiger partial charge in [-0.3, -0.25) is 4.79 Å². The second kappa shape index (κ2) is 6.55. The van der Waals surface area contributed by atoms with Crippen molar-refractivity contribution in [2.75, 3.05) is 6.54 Å². The van der Waals surface area contributed by atoms with Gasteiger partial charge in [0.15, 0.2) is 0 Å². The molecule has 1 aromatic carbocycles. The summed E-state index contributed by atoms with van der Waals surface area (Å²) in [6, 6.07) is 4.13. The summed E-state index contributed by atoms with van der Waals surface area (Å²) in [7, 11) is 0. The average molecular weight is 249 g/mol. The van der Waals surface area contributed by atoms with E-state index in [9.17, 15) is 9.90 Å². The number of aryl methyl sites for hydroxylation is 3. The van der Waals surface area contributed by atoms with Gasteiger partial charge in [0.05, 0.1) is 6.10 Å². The van der Waals surface area contributed by atoms with Crippen LogP contribution in [0.5, 0.6) is 0 Å². The second-order valence-electron chi connectivity index (χ2n) is 4.82. The van der Waals surface area contributed by atoms with Crippen LogP contribution in [-0.4, -0.2) is 17.6 Å². The first kappa shape index (κ1) is 14.7.